The van der Waals surface area contributed by atoms with Crippen LogP contribution in [-0.4, -0.2) is 34.7 Å². The number of thioether (sulfide) groups is 1. The van der Waals surface area contributed by atoms with E-state index >= 15 is 0 Å². The summed E-state index contributed by atoms with van der Waals surface area (Å²) in [7, 11) is 0. The molecule has 2 fully saturated rings. The van der Waals surface area contributed by atoms with Gasteiger partial charge in [0, 0.05) is 31.4 Å². The molecule has 2 saturated heterocycles. The lowest BCUT2D eigenvalue weighted by Gasteiger charge is -2.45. The van der Waals surface area contributed by atoms with Gasteiger partial charge in [0.1, 0.15) is 0 Å². The highest BCUT2D eigenvalue weighted by Gasteiger charge is 2.41. The van der Waals surface area contributed by atoms with Gasteiger partial charge in [-0.25, -0.2) is 0 Å². The first kappa shape index (κ1) is 13.9. The zero-order valence-corrected chi connectivity index (χ0v) is 13.3. The van der Waals surface area contributed by atoms with Crippen molar-refractivity contribution in [2.45, 2.75) is 50.4 Å². The van der Waals surface area contributed by atoms with E-state index in [9.17, 15) is 0 Å². The largest absolute Gasteiger partial charge is 0.399 e. The van der Waals surface area contributed by atoms with E-state index in [1.165, 1.54) is 48.3 Å². The first-order valence-electron chi connectivity index (χ1n) is 8.07. The standard InChI is InChI=1S/C17H24N2OS/c18-15-2-1-13-11-19(12-14(13)9-15)16-3-6-20-17(10-16)4-7-21-8-5-17/h1-2,9,16H,3-8,10-12,18H2. The summed E-state index contributed by atoms with van der Waals surface area (Å²) in [6.45, 7) is 3.09. The Morgan fingerprint density at radius 3 is 2.86 bits per heavy atom. The molecule has 1 atom stereocenters. The van der Waals surface area contributed by atoms with E-state index in [4.69, 9.17) is 10.5 Å². The molecule has 0 bridgehead atoms. The SMILES string of the molecule is Nc1ccc2c(c1)CN(C1CCOC3(CCSCC3)C1)C2. The van der Waals surface area contributed by atoms with Gasteiger partial charge in [0.15, 0.2) is 0 Å². The molecule has 1 spiro atoms. The number of fused-ring (bicyclic) bond motifs is 1. The highest BCUT2D eigenvalue weighted by molar-refractivity contribution is 7.99. The van der Waals surface area contributed by atoms with Gasteiger partial charge in [0.2, 0.25) is 0 Å². The van der Waals surface area contributed by atoms with Gasteiger partial charge >= 0.3 is 0 Å². The highest BCUT2D eigenvalue weighted by atomic mass is 32.2. The fourth-order valence-electron chi connectivity index (χ4n) is 4.10. The van der Waals surface area contributed by atoms with Crippen molar-refractivity contribution in [3.63, 3.8) is 0 Å². The second-order valence-corrected chi connectivity index (χ2v) is 7.95. The summed E-state index contributed by atoms with van der Waals surface area (Å²) in [6.07, 6.45) is 4.87. The van der Waals surface area contributed by atoms with E-state index in [1.54, 1.807) is 0 Å². The van der Waals surface area contributed by atoms with Crippen LogP contribution in [0.5, 0.6) is 0 Å². The Morgan fingerprint density at radius 2 is 2.00 bits per heavy atom. The zero-order valence-electron chi connectivity index (χ0n) is 12.5. The molecule has 4 rings (SSSR count). The van der Waals surface area contributed by atoms with E-state index in [-0.39, 0.29) is 5.60 Å². The summed E-state index contributed by atoms with van der Waals surface area (Å²) < 4.78 is 6.23. The van der Waals surface area contributed by atoms with Crippen LogP contribution in [0.3, 0.4) is 0 Å². The second-order valence-electron chi connectivity index (χ2n) is 6.72. The van der Waals surface area contributed by atoms with Gasteiger partial charge in [-0.3, -0.25) is 4.90 Å². The van der Waals surface area contributed by atoms with Crippen molar-refractivity contribution in [3.05, 3.63) is 29.3 Å². The van der Waals surface area contributed by atoms with Crippen LogP contribution in [0.15, 0.2) is 18.2 Å². The van der Waals surface area contributed by atoms with Crippen molar-refractivity contribution in [1.82, 2.24) is 4.90 Å². The fourth-order valence-corrected chi connectivity index (χ4v) is 5.34. The molecule has 0 saturated carbocycles. The Labute approximate surface area is 131 Å². The monoisotopic (exact) mass is 304 g/mol. The lowest BCUT2D eigenvalue weighted by molar-refractivity contribution is -0.111. The summed E-state index contributed by atoms with van der Waals surface area (Å²) in [5.74, 6) is 2.53. The van der Waals surface area contributed by atoms with Gasteiger partial charge in [0.25, 0.3) is 0 Å². The van der Waals surface area contributed by atoms with Gasteiger partial charge in [-0.2, -0.15) is 11.8 Å². The van der Waals surface area contributed by atoms with Crippen LogP contribution >= 0.6 is 11.8 Å². The Hall–Kier alpha value is -0.710. The van der Waals surface area contributed by atoms with E-state index < -0.39 is 0 Å². The predicted octanol–water partition coefficient (Wildman–Crippen LogP) is 3.03. The van der Waals surface area contributed by atoms with Crippen molar-refractivity contribution >= 4 is 17.4 Å². The van der Waals surface area contributed by atoms with E-state index in [1.807, 2.05) is 6.07 Å². The molecular formula is C17H24N2OS. The number of nitrogens with zero attached hydrogens (tertiary/aromatic N) is 1. The maximum atomic E-state index is 6.23. The molecule has 1 aromatic rings. The first-order valence-corrected chi connectivity index (χ1v) is 9.23. The number of nitrogens with two attached hydrogens (primary N) is 1. The van der Waals surface area contributed by atoms with Crippen molar-refractivity contribution in [3.8, 4) is 0 Å². The maximum Gasteiger partial charge on any atom is 0.0713 e. The van der Waals surface area contributed by atoms with Gasteiger partial charge in [-0.05, 0) is 60.4 Å². The summed E-state index contributed by atoms with van der Waals surface area (Å²) in [5.41, 5.74) is 9.89. The molecule has 0 aromatic heterocycles. The molecule has 1 aromatic carbocycles. The topological polar surface area (TPSA) is 38.5 Å². The van der Waals surface area contributed by atoms with Crippen molar-refractivity contribution < 1.29 is 4.74 Å². The first-order chi connectivity index (χ1) is 10.2. The molecule has 0 amide bonds. The molecule has 3 nitrogen and oxygen atoms in total. The second kappa shape index (κ2) is 5.49. The molecule has 3 aliphatic rings. The molecule has 0 aliphatic carbocycles. The van der Waals surface area contributed by atoms with Crippen LogP contribution in [0.25, 0.3) is 0 Å². The maximum absolute atomic E-state index is 6.23. The number of hydrogen-bond acceptors (Lipinski definition) is 4. The smallest absolute Gasteiger partial charge is 0.0713 e. The van der Waals surface area contributed by atoms with Gasteiger partial charge in [0.05, 0.1) is 5.60 Å². The molecule has 4 heteroatoms. The number of benzene rings is 1. The van der Waals surface area contributed by atoms with E-state index in [0.29, 0.717) is 6.04 Å². The zero-order chi connectivity index (χ0) is 14.3. The van der Waals surface area contributed by atoms with Crippen molar-refractivity contribution in [2.75, 3.05) is 23.8 Å². The van der Waals surface area contributed by atoms with Crippen LogP contribution in [0, 0.1) is 0 Å². The summed E-state index contributed by atoms with van der Waals surface area (Å²) in [4.78, 5) is 2.65. The lowest BCUT2D eigenvalue weighted by atomic mass is 9.85. The number of nitrogen functional groups attached to an aromatic ring is 1. The third kappa shape index (κ3) is 2.69. The molecule has 2 N–H and O–H groups in total. The normalized spacial score (nSPS) is 28.7. The van der Waals surface area contributed by atoms with E-state index in [0.717, 1.165) is 25.4 Å². The molecule has 1 unspecified atom stereocenters. The fraction of sp³-hybridized carbons (Fsp3) is 0.647. The van der Waals surface area contributed by atoms with Gasteiger partial charge in [-0.1, -0.05) is 6.07 Å². The third-order valence-electron chi connectivity index (χ3n) is 5.36. The molecule has 3 heterocycles. The Kier molecular flexibility index (Phi) is 3.64. The summed E-state index contributed by atoms with van der Waals surface area (Å²) >= 11 is 2.08. The van der Waals surface area contributed by atoms with Crippen molar-refractivity contribution in [1.29, 1.82) is 0 Å². The average Bonchev–Trinajstić information content (AvgIpc) is 2.91. The van der Waals surface area contributed by atoms with Crippen LogP contribution in [0.2, 0.25) is 0 Å². The third-order valence-corrected chi connectivity index (χ3v) is 6.35. The molecule has 21 heavy (non-hydrogen) atoms. The minimum Gasteiger partial charge on any atom is -0.399 e. The minimum absolute atomic E-state index is 0.183. The summed E-state index contributed by atoms with van der Waals surface area (Å²) in [6, 6.07) is 7.07. The molecule has 114 valence electrons. The summed E-state index contributed by atoms with van der Waals surface area (Å²) in [5, 5.41) is 0. The van der Waals surface area contributed by atoms with Gasteiger partial charge in [-0.15, -0.1) is 0 Å². The van der Waals surface area contributed by atoms with Gasteiger partial charge < -0.3 is 10.5 Å². The van der Waals surface area contributed by atoms with Crippen LogP contribution in [0.1, 0.15) is 36.8 Å². The average molecular weight is 304 g/mol. The van der Waals surface area contributed by atoms with Crippen LogP contribution in [0.4, 0.5) is 5.69 Å². The molecular weight excluding hydrogens is 280 g/mol. The number of anilines is 1. The lowest BCUT2D eigenvalue weighted by Crippen LogP contribution is -2.49. The van der Waals surface area contributed by atoms with E-state index in [2.05, 4.69) is 28.8 Å². The number of ether oxygens (including phenoxy) is 1. The highest BCUT2D eigenvalue weighted by Crippen LogP contribution is 2.40. The number of rotatable bonds is 1. The van der Waals surface area contributed by atoms with Crippen molar-refractivity contribution in [2.24, 2.45) is 0 Å². The Bertz CT molecular complexity index is 522. The Morgan fingerprint density at radius 1 is 1.19 bits per heavy atom. The van der Waals surface area contributed by atoms with Crippen LogP contribution in [-0.2, 0) is 17.8 Å². The quantitative estimate of drug-likeness (QED) is 0.810. The molecule has 0 radical (unpaired) electrons. The molecule has 3 aliphatic heterocycles. The number of hydrogen-bond donors (Lipinski definition) is 1. The Balaban J connectivity index is 1.48. The van der Waals surface area contributed by atoms with Crippen LogP contribution < -0.4 is 5.73 Å². The predicted molar refractivity (Wildman–Crippen MR) is 88.4 cm³/mol. The minimum atomic E-state index is 0.183.